The van der Waals surface area contributed by atoms with E-state index in [0.717, 1.165) is 12.5 Å². The Hall–Kier alpha value is 0.0669. The van der Waals surface area contributed by atoms with E-state index in [1.807, 2.05) is 6.08 Å². The minimum Gasteiger partial charge on any atom is -0.260 e. The van der Waals surface area contributed by atoms with Crippen molar-refractivity contribution in [3.63, 3.8) is 0 Å². The van der Waals surface area contributed by atoms with Crippen molar-refractivity contribution in [2.45, 2.75) is 17.3 Å². The first kappa shape index (κ1) is 11.1. The van der Waals surface area contributed by atoms with Crippen LogP contribution in [0.3, 0.4) is 0 Å². The second-order valence-corrected chi connectivity index (χ2v) is 7.54. The Morgan fingerprint density at radius 2 is 2.18 bits per heavy atom. The molecule has 0 aliphatic heterocycles. The van der Waals surface area contributed by atoms with Crippen LogP contribution in [-0.4, -0.2) is 18.6 Å². The lowest BCUT2D eigenvalue weighted by Crippen LogP contribution is -2.16. The van der Waals surface area contributed by atoms with Gasteiger partial charge in [-0.05, 0) is 23.7 Å². The molecule has 1 nitrogen and oxygen atoms in total. The van der Waals surface area contributed by atoms with Gasteiger partial charge in [0.05, 0.1) is 0 Å². The third-order valence-corrected chi connectivity index (χ3v) is 7.45. The summed E-state index contributed by atoms with van der Waals surface area (Å²) in [5, 5.41) is 0. The highest BCUT2D eigenvalue weighted by Gasteiger charge is 2.05. The van der Waals surface area contributed by atoms with Gasteiger partial charge in [0.15, 0.2) is 0 Å². The van der Waals surface area contributed by atoms with Crippen LogP contribution in [0.15, 0.2) is 25.3 Å². The zero-order valence-electron chi connectivity index (χ0n) is 6.53. The largest absolute Gasteiger partial charge is 0.260 e. The van der Waals surface area contributed by atoms with Crippen molar-refractivity contribution in [3.8, 4) is 0 Å². The molecule has 0 saturated heterocycles. The standard InChI is InChI=1S/C7H14OS2Si/c1-3-5-7(10(8)9)11-6-4-2/h3-4,7,10H,1-2,5-6,11H2/t7-/m1/s1. The summed E-state index contributed by atoms with van der Waals surface area (Å²) >= 11 is 4.74. The Labute approximate surface area is 77.1 Å². The lowest BCUT2D eigenvalue weighted by molar-refractivity contribution is 0.690. The maximum absolute atomic E-state index is 11.0. The Balaban J connectivity index is 3.88. The van der Waals surface area contributed by atoms with Crippen LogP contribution in [0.5, 0.6) is 0 Å². The third-order valence-electron chi connectivity index (χ3n) is 1.44. The van der Waals surface area contributed by atoms with Crippen molar-refractivity contribution >= 4 is 30.1 Å². The normalized spacial score (nSPS) is 16.4. The smallest absolute Gasteiger partial charge is 0.0431 e. The SMILES string of the molecule is C=CC[SiH2][C@H](CC=C)[SH](=O)=S. The van der Waals surface area contributed by atoms with Gasteiger partial charge in [-0.15, -0.1) is 13.2 Å². The van der Waals surface area contributed by atoms with Gasteiger partial charge in [0.1, 0.15) is 0 Å². The van der Waals surface area contributed by atoms with Crippen LogP contribution in [-0.2, 0) is 20.5 Å². The quantitative estimate of drug-likeness (QED) is 0.389. The molecule has 0 aromatic rings. The van der Waals surface area contributed by atoms with Gasteiger partial charge in [-0.25, -0.2) is 0 Å². The predicted molar refractivity (Wildman–Crippen MR) is 59.1 cm³/mol. The van der Waals surface area contributed by atoms with Crippen molar-refractivity contribution in [2.75, 3.05) is 0 Å². The molecule has 0 bridgehead atoms. The molecule has 11 heavy (non-hydrogen) atoms. The molecule has 2 atom stereocenters. The average molecular weight is 206 g/mol. The average Bonchev–Trinajstić information content (AvgIpc) is 1.97. The van der Waals surface area contributed by atoms with Gasteiger partial charge < -0.3 is 0 Å². The van der Waals surface area contributed by atoms with E-state index in [0.29, 0.717) is 0 Å². The minimum atomic E-state index is -1.41. The molecule has 0 N–H and O–H groups in total. The molecule has 0 radical (unpaired) electrons. The summed E-state index contributed by atoms with van der Waals surface area (Å²) in [5.41, 5.74) is 0. The number of hydrogen-bond acceptors (Lipinski definition) is 2. The van der Waals surface area contributed by atoms with Crippen LogP contribution in [0.4, 0.5) is 0 Å². The van der Waals surface area contributed by atoms with E-state index >= 15 is 0 Å². The van der Waals surface area contributed by atoms with Crippen LogP contribution in [0.2, 0.25) is 6.04 Å². The first-order chi connectivity index (χ1) is 5.22. The first-order valence-electron chi connectivity index (χ1n) is 3.57. The second kappa shape index (κ2) is 6.76. The molecule has 0 amide bonds. The summed E-state index contributed by atoms with van der Waals surface area (Å²) in [6, 6.07) is 1.02. The number of thiol groups is 1. The maximum Gasteiger partial charge on any atom is 0.0431 e. The van der Waals surface area contributed by atoms with Gasteiger partial charge >= 0.3 is 0 Å². The van der Waals surface area contributed by atoms with Crippen molar-refractivity contribution in [1.29, 1.82) is 0 Å². The molecule has 0 aliphatic carbocycles. The first-order valence-corrected chi connectivity index (χ1v) is 7.73. The fourth-order valence-electron chi connectivity index (χ4n) is 0.812. The molecular weight excluding hydrogens is 192 g/mol. The fourth-order valence-corrected chi connectivity index (χ4v) is 4.72. The molecular formula is C7H14OS2Si. The summed E-state index contributed by atoms with van der Waals surface area (Å²) in [7, 11) is -1.72. The Morgan fingerprint density at radius 3 is 2.55 bits per heavy atom. The van der Waals surface area contributed by atoms with Gasteiger partial charge in [-0.1, -0.05) is 12.2 Å². The fraction of sp³-hybridized carbons (Fsp3) is 0.429. The van der Waals surface area contributed by atoms with E-state index in [1.54, 1.807) is 6.08 Å². The topological polar surface area (TPSA) is 17.1 Å². The lowest BCUT2D eigenvalue weighted by atomic mass is 10.5. The Bertz CT molecular complexity index is 191. The molecule has 0 fully saturated rings. The van der Waals surface area contributed by atoms with Crippen LogP contribution < -0.4 is 0 Å². The van der Waals surface area contributed by atoms with Gasteiger partial charge in [0.25, 0.3) is 0 Å². The monoisotopic (exact) mass is 206 g/mol. The van der Waals surface area contributed by atoms with E-state index in [4.69, 9.17) is 11.2 Å². The molecule has 0 aliphatic rings. The molecule has 0 saturated carbocycles. The molecule has 64 valence electrons. The van der Waals surface area contributed by atoms with Crippen molar-refractivity contribution in [2.24, 2.45) is 0 Å². The Morgan fingerprint density at radius 1 is 1.55 bits per heavy atom. The van der Waals surface area contributed by atoms with Crippen LogP contribution in [0, 0.1) is 0 Å². The molecule has 0 aromatic heterocycles. The number of allylic oxidation sites excluding steroid dienone is 2. The maximum atomic E-state index is 11.0. The predicted octanol–water partition coefficient (Wildman–Crippen LogP) is 0.605. The molecule has 1 unspecified atom stereocenters. The van der Waals surface area contributed by atoms with E-state index in [9.17, 15) is 4.21 Å². The van der Waals surface area contributed by atoms with Gasteiger partial charge in [-0.3, -0.25) is 4.21 Å². The molecule has 0 heterocycles. The zero-order chi connectivity index (χ0) is 8.69. The minimum absolute atomic E-state index is 0.260. The highest BCUT2D eigenvalue weighted by Crippen LogP contribution is 1.98. The van der Waals surface area contributed by atoms with Gasteiger partial charge in [-0.2, -0.15) is 0 Å². The Kier molecular flexibility index (Phi) is 6.80. The molecule has 0 spiro atoms. The van der Waals surface area contributed by atoms with Crippen molar-refractivity contribution < 1.29 is 4.21 Å². The summed E-state index contributed by atoms with van der Waals surface area (Å²) in [5.74, 6) is 0. The summed E-state index contributed by atoms with van der Waals surface area (Å²) in [6.07, 6.45) is 4.51. The van der Waals surface area contributed by atoms with Crippen molar-refractivity contribution in [1.82, 2.24) is 0 Å². The summed E-state index contributed by atoms with van der Waals surface area (Å²) < 4.78 is 11.0. The molecule has 0 rings (SSSR count). The molecule has 4 heteroatoms. The van der Waals surface area contributed by atoms with Gasteiger partial charge in [0.2, 0.25) is 0 Å². The van der Waals surface area contributed by atoms with Gasteiger partial charge in [0, 0.05) is 23.8 Å². The van der Waals surface area contributed by atoms with Crippen LogP contribution >= 0.6 is 0 Å². The summed E-state index contributed by atoms with van der Waals surface area (Å²) in [6.45, 7) is 7.24. The van der Waals surface area contributed by atoms with Crippen LogP contribution in [0.1, 0.15) is 6.42 Å². The second-order valence-electron chi connectivity index (χ2n) is 2.33. The highest BCUT2D eigenvalue weighted by molar-refractivity contribution is 8.22. The van der Waals surface area contributed by atoms with E-state index < -0.39 is 9.36 Å². The van der Waals surface area contributed by atoms with E-state index in [-0.39, 0.29) is 14.4 Å². The number of rotatable bonds is 6. The van der Waals surface area contributed by atoms with E-state index in [2.05, 4.69) is 13.2 Å². The zero-order valence-corrected chi connectivity index (χ0v) is 9.66. The summed E-state index contributed by atoms with van der Waals surface area (Å²) in [4.78, 5) is 0.260. The third kappa shape index (κ3) is 5.35. The number of hydrogen-bond donors (Lipinski definition) is 1. The lowest BCUT2D eigenvalue weighted by Gasteiger charge is -2.04. The molecule has 0 aromatic carbocycles. The van der Waals surface area contributed by atoms with E-state index in [1.165, 1.54) is 0 Å². The van der Waals surface area contributed by atoms with Crippen LogP contribution in [0.25, 0.3) is 0 Å². The van der Waals surface area contributed by atoms with Crippen molar-refractivity contribution in [3.05, 3.63) is 25.3 Å². The highest BCUT2D eigenvalue weighted by atomic mass is 32.8.